The van der Waals surface area contributed by atoms with Crippen molar-refractivity contribution in [1.29, 1.82) is 0 Å². The first kappa shape index (κ1) is 27.6. The number of carbonyl (C=O) groups is 2. The molecule has 0 aliphatic carbocycles. The third-order valence-electron chi connectivity index (χ3n) is 5.64. The maximum Gasteiger partial charge on any atom is 0.323 e. The smallest absolute Gasteiger partial charge is 0.323 e. The minimum absolute atomic E-state index is 0.172. The van der Waals surface area contributed by atoms with Gasteiger partial charge in [0, 0.05) is 17.9 Å². The van der Waals surface area contributed by atoms with Crippen LogP contribution in [0.2, 0.25) is 0 Å². The van der Waals surface area contributed by atoms with E-state index < -0.39 is 6.03 Å². The molecular weight excluding hydrogens is 446 g/mol. The highest BCUT2D eigenvalue weighted by molar-refractivity contribution is 7.98. The number of hydrogen-bond acceptors (Lipinski definition) is 4. The zero-order valence-electron chi connectivity index (χ0n) is 20.8. The van der Waals surface area contributed by atoms with E-state index in [-0.39, 0.29) is 5.91 Å². The van der Waals surface area contributed by atoms with E-state index in [2.05, 4.69) is 12.2 Å². The Hall–Kier alpha value is -2.67. The molecule has 0 saturated heterocycles. The van der Waals surface area contributed by atoms with Crippen molar-refractivity contribution in [3.05, 3.63) is 53.6 Å². The van der Waals surface area contributed by atoms with E-state index in [4.69, 9.17) is 10.5 Å². The van der Waals surface area contributed by atoms with Gasteiger partial charge in [-0.1, -0.05) is 51.5 Å². The lowest BCUT2D eigenvalue weighted by Crippen LogP contribution is -2.32. The second-order valence-electron chi connectivity index (χ2n) is 8.39. The van der Waals surface area contributed by atoms with Crippen molar-refractivity contribution in [2.24, 2.45) is 5.73 Å². The Labute approximate surface area is 208 Å². The summed E-state index contributed by atoms with van der Waals surface area (Å²) in [4.78, 5) is 26.3. The van der Waals surface area contributed by atoms with Crippen LogP contribution in [0.15, 0.2) is 42.5 Å². The Morgan fingerprint density at radius 3 is 2.32 bits per heavy atom. The molecule has 3 amide bonds. The van der Waals surface area contributed by atoms with Gasteiger partial charge in [0.05, 0.1) is 18.0 Å². The van der Waals surface area contributed by atoms with Crippen LogP contribution in [0.25, 0.3) is 0 Å². The third-order valence-corrected chi connectivity index (χ3v) is 6.25. The number of anilines is 2. The summed E-state index contributed by atoms with van der Waals surface area (Å²) in [5, 5.41) is 2.89. The van der Waals surface area contributed by atoms with E-state index in [0.29, 0.717) is 30.1 Å². The molecule has 3 N–H and O–H groups in total. The second-order valence-corrected chi connectivity index (χ2v) is 9.37. The van der Waals surface area contributed by atoms with Crippen LogP contribution >= 0.6 is 11.8 Å². The van der Waals surface area contributed by atoms with Crippen molar-refractivity contribution in [3.8, 4) is 5.75 Å². The fraction of sp³-hybridized carbons (Fsp3) is 0.481. The number of unbranched alkanes of at least 4 members (excludes halogenated alkanes) is 6. The topological polar surface area (TPSA) is 84.7 Å². The maximum atomic E-state index is 12.5. The van der Waals surface area contributed by atoms with Gasteiger partial charge in [0.1, 0.15) is 5.75 Å². The predicted molar refractivity (Wildman–Crippen MR) is 144 cm³/mol. The largest absolute Gasteiger partial charge is 0.494 e. The van der Waals surface area contributed by atoms with E-state index in [1.807, 2.05) is 43.5 Å². The normalized spacial score (nSPS) is 10.7. The molecule has 0 aromatic heterocycles. The van der Waals surface area contributed by atoms with Gasteiger partial charge in [0.15, 0.2) is 0 Å². The van der Waals surface area contributed by atoms with Crippen LogP contribution in [0.4, 0.5) is 16.2 Å². The number of amides is 3. The molecular formula is C27H39N3O3S. The highest BCUT2D eigenvalue weighted by atomic mass is 32.2. The summed E-state index contributed by atoms with van der Waals surface area (Å²) in [5.74, 6) is 1.43. The molecule has 0 atom stereocenters. The zero-order valence-corrected chi connectivity index (χ0v) is 21.6. The lowest BCUT2D eigenvalue weighted by molar-refractivity contribution is 0.0956. The summed E-state index contributed by atoms with van der Waals surface area (Å²) in [6.45, 7) is 5.39. The number of primary amides is 1. The van der Waals surface area contributed by atoms with Gasteiger partial charge in [-0.2, -0.15) is 11.8 Å². The van der Waals surface area contributed by atoms with Gasteiger partial charge in [0.25, 0.3) is 5.91 Å². The highest BCUT2D eigenvalue weighted by Crippen LogP contribution is 2.30. The first-order valence-electron chi connectivity index (χ1n) is 12.2. The Morgan fingerprint density at radius 1 is 1.00 bits per heavy atom. The summed E-state index contributed by atoms with van der Waals surface area (Å²) in [6.07, 6.45) is 10.7. The van der Waals surface area contributed by atoms with Gasteiger partial charge >= 0.3 is 6.03 Å². The summed E-state index contributed by atoms with van der Waals surface area (Å²) in [6, 6.07) is 12.0. The van der Waals surface area contributed by atoms with Gasteiger partial charge < -0.3 is 15.8 Å². The molecule has 0 heterocycles. The molecule has 0 saturated carbocycles. The number of rotatable bonds is 15. The molecule has 7 heteroatoms. The quantitative estimate of drug-likeness (QED) is 0.285. The lowest BCUT2D eigenvalue weighted by atomic mass is 10.1. The Kier molecular flexibility index (Phi) is 12.4. The predicted octanol–water partition coefficient (Wildman–Crippen LogP) is 6.43. The van der Waals surface area contributed by atoms with Crippen molar-refractivity contribution in [2.45, 2.75) is 58.8 Å². The number of nitrogens with one attached hydrogen (secondary N) is 1. The SMILES string of the molecule is CCCCCCCCCOc1ccc(N(C(N)=O)c2cc(C(=O)NCCSC)ccc2C)cc1. The molecule has 2 aromatic rings. The van der Waals surface area contributed by atoms with E-state index in [1.165, 1.54) is 43.4 Å². The van der Waals surface area contributed by atoms with Crippen LogP contribution < -0.4 is 20.7 Å². The Balaban J connectivity index is 2.01. The van der Waals surface area contributed by atoms with Crippen LogP contribution in [0, 0.1) is 6.92 Å². The summed E-state index contributed by atoms with van der Waals surface area (Å²) >= 11 is 1.67. The number of benzene rings is 2. The third kappa shape index (κ3) is 8.93. The van der Waals surface area contributed by atoms with E-state index in [0.717, 1.165) is 23.5 Å². The van der Waals surface area contributed by atoms with Gasteiger partial charge in [-0.3, -0.25) is 9.69 Å². The molecule has 0 unspecified atom stereocenters. The van der Waals surface area contributed by atoms with Crippen molar-refractivity contribution in [1.82, 2.24) is 5.32 Å². The molecule has 186 valence electrons. The van der Waals surface area contributed by atoms with E-state index in [1.54, 1.807) is 23.9 Å². The van der Waals surface area contributed by atoms with Gasteiger partial charge in [0.2, 0.25) is 0 Å². The molecule has 0 spiro atoms. The summed E-state index contributed by atoms with van der Waals surface area (Å²) in [7, 11) is 0. The first-order chi connectivity index (χ1) is 16.5. The van der Waals surface area contributed by atoms with Crippen LogP contribution in [0.5, 0.6) is 5.75 Å². The van der Waals surface area contributed by atoms with Crippen LogP contribution in [-0.2, 0) is 0 Å². The molecule has 6 nitrogen and oxygen atoms in total. The average Bonchev–Trinajstić information content (AvgIpc) is 2.83. The van der Waals surface area contributed by atoms with Crippen molar-refractivity contribution >= 4 is 35.1 Å². The van der Waals surface area contributed by atoms with Gasteiger partial charge in [-0.25, -0.2) is 4.79 Å². The fourth-order valence-corrected chi connectivity index (χ4v) is 3.99. The van der Waals surface area contributed by atoms with Crippen molar-refractivity contribution < 1.29 is 14.3 Å². The van der Waals surface area contributed by atoms with Crippen LogP contribution in [-0.4, -0.2) is 37.1 Å². The van der Waals surface area contributed by atoms with Gasteiger partial charge in [-0.05, 0) is 61.6 Å². The van der Waals surface area contributed by atoms with E-state index in [9.17, 15) is 9.59 Å². The summed E-state index contributed by atoms with van der Waals surface area (Å²) < 4.78 is 5.87. The average molecular weight is 486 g/mol. The molecule has 0 bridgehead atoms. The molecule has 0 radical (unpaired) electrons. The Morgan fingerprint density at radius 2 is 1.68 bits per heavy atom. The monoisotopic (exact) mass is 485 g/mol. The van der Waals surface area contributed by atoms with Crippen molar-refractivity contribution in [3.63, 3.8) is 0 Å². The standard InChI is InChI=1S/C27H39N3O3S/c1-4-5-6-7-8-9-10-18-33-24-15-13-23(14-16-24)30(27(28)32)25-20-22(12-11-21(25)2)26(31)29-17-19-34-3/h11-16,20H,4-10,17-19H2,1-3H3,(H2,28,32)(H,29,31). The van der Waals surface area contributed by atoms with E-state index >= 15 is 0 Å². The fourth-order valence-electron chi connectivity index (χ4n) is 3.69. The Bertz CT molecular complexity index is 902. The number of aryl methyl sites for hydroxylation is 1. The van der Waals surface area contributed by atoms with Crippen LogP contribution in [0.3, 0.4) is 0 Å². The maximum absolute atomic E-state index is 12.5. The minimum atomic E-state index is -0.611. The number of hydrogen-bond donors (Lipinski definition) is 2. The minimum Gasteiger partial charge on any atom is -0.494 e. The second kappa shape index (κ2) is 15.3. The van der Waals surface area contributed by atoms with Crippen molar-refractivity contribution in [2.75, 3.05) is 30.1 Å². The first-order valence-corrected chi connectivity index (χ1v) is 13.6. The highest BCUT2D eigenvalue weighted by Gasteiger charge is 2.19. The number of ether oxygens (including phenoxy) is 1. The summed E-state index contributed by atoms with van der Waals surface area (Å²) in [5.41, 5.74) is 8.29. The molecule has 34 heavy (non-hydrogen) atoms. The molecule has 0 fully saturated rings. The molecule has 2 aromatic carbocycles. The van der Waals surface area contributed by atoms with Gasteiger partial charge in [-0.15, -0.1) is 0 Å². The number of thioether (sulfide) groups is 1. The number of urea groups is 1. The zero-order chi connectivity index (χ0) is 24.8. The molecule has 2 rings (SSSR count). The van der Waals surface area contributed by atoms with Crippen LogP contribution in [0.1, 0.15) is 67.8 Å². The number of nitrogens with two attached hydrogens (primary N) is 1. The molecule has 0 aliphatic rings. The number of nitrogens with zero attached hydrogens (tertiary/aromatic N) is 1. The number of carbonyl (C=O) groups excluding carboxylic acids is 2. The molecule has 0 aliphatic heterocycles. The lowest BCUT2D eigenvalue weighted by Gasteiger charge is -2.23.